The average molecular weight is 172 g/mol. The molecular formula is C10H20O2. The van der Waals surface area contributed by atoms with Gasteiger partial charge in [-0.2, -0.15) is 0 Å². The van der Waals surface area contributed by atoms with E-state index in [1.54, 1.807) is 7.11 Å². The van der Waals surface area contributed by atoms with E-state index < -0.39 is 0 Å². The standard InChI is InChI=1S/C10H20O2/c1-3-10(12-2)9(11)7-8-5-4-6-8/h8-11H,3-7H2,1-2H3. The summed E-state index contributed by atoms with van der Waals surface area (Å²) in [5.74, 6) is 0.768. The Bertz CT molecular complexity index is 117. The highest BCUT2D eigenvalue weighted by Gasteiger charge is 2.25. The molecule has 1 aliphatic rings. The lowest BCUT2D eigenvalue weighted by atomic mass is 9.80. The Hall–Kier alpha value is -0.0800. The molecule has 2 heteroatoms. The molecule has 2 atom stereocenters. The molecule has 0 radical (unpaired) electrons. The number of methoxy groups -OCH3 is 1. The van der Waals surface area contributed by atoms with Gasteiger partial charge in [0.15, 0.2) is 0 Å². The van der Waals surface area contributed by atoms with Crippen molar-refractivity contribution in [3.05, 3.63) is 0 Å². The van der Waals surface area contributed by atoms with E-state index in [9.17, 15) is 5.11 Å². The maximum atomic E-state index is 9.72. The van der Waals surface area contributed by atoms with Crippen LogP contribution in [-0.4, -0.2) is 24.4 Å². The summed E-state index contributed by atoms with van der Waals surface area (Å²) in [6.07, 6.45) is 5.60. The Kier molecular flexibility index (Phi) is 4.02. The number of ether oxygens (including phenoxy) is 1. The highest BCUT2D eigenvalue weighted by Crippen LogP contribution is 2.31. The fraction of sp³-hybridized carbons (Fsp3) is 1.00. The second-order valence-corrected chi connectivity index (χ2v) is 3.78. The highest BCUT2D eigenvalue weighted by molar-refractivity contribution is 4.76. The summed E-state index contributed by atoms with van der Waals surface area (Å²) >= 11 is 0. The topological polar surface area (TPSA) is 29.5 Å². The molecule has 0 bridgehead atoms. The summed E-state index contributed by atoms with van der Waals surface area (Å²) in [5, 5.41) is 9.72. The molecule has 1 saturated carbocycles. The summed E-state index contributed by atoms with van der Waals surface area (Å²) in [4.78, 5) is 0. The molecule has 72 valence electrons. The Morgan fingerprint density at radius 2 is 2.17 bits per heavy atom. The predicted molar refractivity (Wildman–Crippen MR) is 49.1 cm³/mol. The summed E-state index contributed by atoms with van der Waals surface area (Å²) in [5.41, 5.74) is 0. The first kappa shape index (κ1) is 10.0. The lowest BCUT2D eigenvalue weighted by molar-refractivity contribution is -0.0299. The Morgan fingerprint density at radius 1 is 1.50 bits per heavy atom. The van der Waals surface area contributed by atoms with E-state index in [2.05, 4.69) is 6.92 Å². The molecule has 0 aliphatic heterocycles. The quantitative estimate of drug-likeness (QED) is 0.687. The van der Waals surface area contributed by atoms with E-state index in [1.807, 2.05) is 0 Å². The minimum Gasteiger partial charge on any atom is -0.390 e. The summed E-state index contributed by atoms with van der Waals surface area (Å²) in [6.45, 7) is 2.05. The van der Waals surface area contributed by atoms with Crippen molar-refractivity contribution >= 4 is 0 Å². The highest BCUT2D eigenvalue weighted by atomic mass is 16.5. The molecular weight excluding hydrogens is 152 g/mol. The summed E-state index contributed by atoms with van der Waals surface area (Å²) < 4.78 is 5.18. The zero-order valence-electron chi connectivity index (χ0n) is 8.12. The Balaban J connectivity index is 2.19. The van der Waals surface area contributed by atoms with E-state index in [1.165, 1.54) is 19.3 Å². The fourth-order valence-electron chi connectivity index (χ4n) is 1.82. The van der Waals surface area contributed by atoms with Crippen molar-refractivity contribution in [3.63, 3.8) is 0 Å². The molecule has 0 amide bonds. The molecule has 12 heavy (non-hydrogen) atoms. The lowest BCUT2D eigenvalue weighted by Gasteiger charge is -2.30. The van der Waals surface area contributed by atoms with Gasteiger partial charge in [-0.1, -0.05) is 26.2 Å². The van der Waals surface area contributed by atoms with Gasteiger partial charge in [-0.05, 0) is 18.8 Å². The molecule has 1 rings (SSSR count). The average Bonchev–Trinajstić information content (AvgIpc) is 1.99. The third-order valence-electron chi connectivity index (χ3n) is 2.93. The molecule has 1 N–H and O–H groups in total. The third-order valence-corrected chi connectivity index (χ3v) is 2.93. The van der Waals surface area contributed by atoms with E-state index in [0.717, 1.165) is 18.8 Å². The van der Waals surface area contributed by atoms with Crippen LogP contribution in [-0.2, 0) is 4.74 Å². The largest absolute Gasteiger partial charge is 0.390 e. The van der Waals surface area contributed by atoms with Crippen LogP contribution in [0.15, 0.2) is 0 Å². The SMILES string of the molecule is CCC(OC)C(O)CC1CCC1. The summed E-state index contributed by atoms with van der Waals surface area (Å²) in [6, 6.07) is 0. The lowest BCUT2D eigenvalue weighted by Crippen LogP contribution is -2.31. The number of hydrogen-bond acceptors (Lipinski definition) is 2. The number of hydrogen-bond donors (Lipinski definition) is 1. The van der Waals surface area contributed by atoms with Gasteiger partial charge in [0.2, 0.25) is 0 Å². The predicted octanol–water partition coefficient (Wildman–Crippen LogP) is 1.96. The molecule has 0 aromatic rings. The minimum absolute atomic E-state index is 0.0469. The first-order chi connectivity index (χ1) is 5.77. The van der Waals surface area contributed by atoms with Crippen molar-refractivity contribution in [2.24, 2.45) is 5.92 Å². The van der Waals surface area contributed by atoms with Gasteiger partial charge in [0, 0.05) is 7.11 Å². The minimum atomic E-state index is -0.245. The van der Waals surface area contributed by atoms with Crippen LogP contribution >= 0.6 is 0 Å². The molecule has 0 heterocycles. The Morgan fingerprint density at radius 3 is 2.50 bits per heavy atom. The summed E-state index contributed by atoms with van der Waals surface area (Å²) in [7, 11) is 1.68. The monoisotopic (exact) mass is 172 g/mol. The van der Waals surface area contributed by atoms with Crippen molar-refractivity contribution in [2.45, 2.75) is 51.2 Å². The van der Waals surface area contributed by atoms with Gasteiger partial charge in [0.25, 0.3) is 0 Å². The molecule has 0 aromatic carbocycles. The van der Waals surface area contributed by atoms with Crippen molar-refractivity contribution in [3.8, 4) is 0 Å². The first-order valence-corrected chi connectivity index (χ1v) is 4.98. The molecule has 2 unspecified atom stereocenters. The van der Waals surface area contributed by atoms with Crippen LogP contribution in [0.4, 0.5) is 0 Å². The van der Waals surface area contributed by atoms with E-state index in [4.69, 9.17) is 4.74 Å². The van der Waals surface area contributed by atoms with Gasteiger partial charge in [0.05, 0.1) is 12.2 Å². The van der Waals surface area contributed by atoms with E-state index >= 15 is 0 Å². The van der Waals surface area contributed by atoms with Crippen molar-refractivity contribution in [1.29, 1.82) is 0 Å². The zero-order valence-corrected chi connectivity index (χ0v) is 8.12. The van der Waals surface area contributed by atoms with E-state index in [0.29, 0.717) is 0 Å². The van der Waals surface area contributed by atoms with Gasteiger partial charge >= 0.3 is 0 Å². The van der Waals surface area contributed by atoms with Crippen LogP contribution in [0.1, 0.15) is 39.0 Å². The van der Waals surface area contributed by atoms with Crippen molar-refractivity contribution in [1.82, 2.24) is 0 Å². The number of aliphatic hydroxyl groups excluding tert-OH is 1. The van der Waals surface area contributed by atoms with Gasteiger partial charge in [0.1, 0.15) is 0 Å². The molecule has 1 fully saturated rings. The molecule has 0 saturated heterocycles. The van der Waals surface area contributed by atoms with Gasteiger partial charge < -0.3 is 9.84 Å². The Labute approximate surface area is 74.9 Å². The van der Waals surface area contributed by atoms with Crippen LogP contribution in [0.5, 0.6) is 0 Å². The second kappa shape index (κ2) is 4.83. The van der Waals surface area contributed by atoms with Gasteiger partial charge in [-0.3, -0.25) is 0 Å². The second-order valence-electron chi connectivity index (χ2n) is 3.78. The van der Waals surface area contributed by atoms with Crippen LogP contribution in [0.3, 0.4) is 0 Å². The first-order valence-electron chi connectivity index (χ1n) is 4.98. The van der Waals surface area contributed by atoms with Gasteiger partial charge in [-0.25, -0.2) is 0 Å². The fourth-order valence-corrected chi connectivity index (χ4v) is 1.82. The maximum Gasteiger partial charge on any atom is 0.0827 e. The smallest absolute Gasteiger partial charge is 0.0827 e. The maximum absolute atomic E-state index is 9.72. The van der Waals surface area contributed by atoms with Gasteiger partial charge in [-0.15, -0.1) is 0 Å². The van der Waals surface area contributed by atoms with Crippen LogP contribution in [0.2, 0.25) is 0 Å². The molecule has 0 spiro atoms. The molecule has 1 aliphatic carbocycles. The molecule has 2 nitrogen and oxygen atoms in total. The third kappa shape index (κ3) is 2.46. The van der Waals surface area contributed by atoms with Crippen LogP contribution in [0, 0.1) is 5.92 Å². The van der Waals surface area contributed by atoms with E-state index in [-0.39, 0.29) is 12.2 Å². The number of rotatable bonds is 5. The molecule has 0 aromatic heterocycles. The number of aliphatic hydroxyl groups is 1. The van der Waals surface area contributed by atoms with Crippen LogP contribution < -0.4 is 0 Å². The normalized spacial score (nSPS) is 23.2. The van der Waals surface area contributed by atoms with Crippen LogP contribution in [0.25, 0.3) is 0 Å². The van der Waals surface area contributed by atoms with Crippen molar-refractivity contribution < 1.29 is 9.84 Å². The zero-order chi connectivity index (χ0) is 8.97. The van der Waals surface area contributed by atoms with Crippen molar-refractivity contribution in [2.75, 3.05) is 7.11 Å².